The molecule has 3 nitrogen and oxygen atoms in total. The molecule has 0 aliphatic rings. The third-order valence-electron chi connectivity index (χ3n) is 1.91. The molecule has 0 aliphatic carbocycles. The SMILES string of the molecule is CNOC(=O)C(C(C)C)C(C)C. The molecule has 0 atom stereocenters. The second-order valence-corrected chi connectivity index (χ2v) is 3.64. The van der Waals surface area contributed by atoms with Gasteiger partial charge in [-0.2, -0.15) is 5.48 Å². The highest BCUT2D eigenvalue weighted by Gasteiger charge is 2.26. The van der Waals surface area contributed by atoms with Gasteiger partial charge >= 0.3 is 5.97 Å². The van der Waals surface area contributed by atoms with E-state index in [4.69, 9.17) is 4.84 Å². The fraction of sp³-hybridized carbons (Fsp3) is 0.889. The van der Waals surface area contributed by atoms with Crippen LogP contribution in [0.4, 0.5) is 0 Å². The van der Waals surface area contributed by atoms with Gasteiger partial charge in [0.2, 0.25) is 0 Å². The van der Waals surface area contributed by atoms with E-state index in [2.05, 4.69) is 5.48 Å². The summed E-state index contributed by atoms with van der Waals surface area (Å²) in [7, 11) is 1.59. The van der Waals surface area contributed by atoms with Crippen molar-refractivity contribution in [2.45, 2.75) is 27.7 Å². The molecule has 0 spiro atoms. The molecule has 72 valence electrons. The van der Waals surface area contributed by atoms with Crippen molar-refractivity contribution in [1.82, 2.24) is 5.48 Å². The van der Waals surface area contributed by atoms with Gasteiger partial charge in [0.15, 0.2) is 0 Å². The summed E-state index contributed by atoms with van der Waals surface area (Å²) < 4.78 is 0. The van der Waals surface area contributed by atoms with Gasteiger partial charge in [-0.05, 0) is 11.8 Å². The normalized spacial score (nSPS) is 11.3. The Bertz CT molecular complexity index is 135. The first-order valence-corrected chi connectivity index (χ1v) is 4.38. The molecule has 0 saturated heterocycles. The molecule has 0 aliphatic heterocycles. The van der Waals surface area contributed by atoms with Crippen molar-refractivity contribution in [2.75, 3.05) is 7.05 Å². The zero-order chi connectivity index (χ0) is 9.72. The minimum absolute atomic E-state index is 0.0163. The maximum atomic E-state index is 11.3. The summed E-state index contributed by atoms with van der Waals surface area (Å²) in [6.45, 7) is 8.12. The minimum atomic E-state index is -0.164. The van der Waals surface area contributed by atoms with Gasteiger partial charge in [-0.3, -0.25) is 4.79 Å². The molecule has 0 radical (unpaired) electrons. The molecule has 0 heterocycles. The van der Waals surface area contributed by atoms with E-state index >= 15 is 0 Å². The van der Waals surface area contributed by atoms with E-state index in [-0.39, 0.29) is 11.9 Å². The largest absolute Gasteiger partial charge is 0.371 e. The van der Waals surface area contributed by atoms with Gasteiger partial charge in [-0.1, -0.05) is 27.7 Å². The molecule has 0 bridgehead atoms. The second-order valence-electron chi connectivity index (χ2n) is 3.64. The van der Waals surface area contributed by atoms with Crippen molar-refractivity contribution in [3.05, 3.63) is 0 Å². The van der Waals surface area contributed by atoms with Crippen molar-refractivity contribution >= 4 is 5.97 Å². The highest BCUT2D eigenvalue weighted by molar-refractivity contribution is 5.72. The smallest absolute Gasteiger partial charge is 0.328 e. The van der Waals surface area contributed by atoms with Crippen LogP contribution < -0.4 is 5.48 Å². The van der Waals surface area contributed by atoms with Gasteiger partial charge in [0.05, 0.1) is 5.92 Å². The molecule has 0 amide bonds. The molecule has 3 heteroatoms. The van der Waals surface area contributed by atoms with Crippen LogP contribution in [0.2, 0.25) is 0 Å². The Morgan fingerprint density at radius 1 is 1.17 bits per heavy atom. The van der Waals surface area contributed by atoms with Gasteiger partial charge in [0.1, 0.15) is 0 Å². The third kappa shape index (κ3) is 3.22. The van der Waals surface area contributed by atoms with Gasteiger partial charge < -0.3 is 4.84 Å². The lowest BCUT2D eigenvalue weighted by atomic mass is 9.86. The number of rotatable bonds is 4. The van der Waals surface area contributed by atoms with E-state index in [1.54, 1.807) is 7.05 Å². The molecule has 0 aromatic carbocycles. The molecule has 0 aromatic rings. The van der Waals surface area contributed by atoms with E-state index in [1.165, 1.54) is 0 Å². The van der Waals surface area contributed by atoms with Crippen molar-refractivity contribution < 1.29 is 9.63 Å². The predicted octanol–water partition coefficient (Wildman–Crippen LogP) is 1.59. The Balaban J connectivity index is 4.20. The molecule has 1 N–H and O–H groups in total. The minimum Gasteiger partial charge on any atom is -0.371 e. The number of hydroxylamine groups is 1. The first-order valence-electron chi connectivity index (χ1n) is 4.38. The topological polar surface area (TPSA) is 38.3 Å². The summed E-state index contributed by atoms with van der Waals surface area (Å²) in [5.41, 5.74) is 2.41. The maximum Gasteiger partial charge on any atom is 0.328 e. The Labute approximate surface area is 74.4 Å². The zero-order valence-electron chi connectivity index (χ0n) is 8.55. The summed E-state index contributed by atoms with van der Waals surface area (Å²) in [6, 6.07) is 0. The van der Waals surface area contributed by atoms with E-state index in [9.17, 15) is 4.79 Å². The van der Waals surface area contributed by atoms with Crippen molar-refractivity contribution in [2.24, 2.45) is 17.8 Å². The van der Waals surface area contributed by atoms with Crippen LogP contribution in [0, 0.1) is 17.8 Å². The molecule has 0 aromatic heterocycles. The lowest BCUT2D eigenvalue weighted by Gasteiger charge is -2.21. The summed E-state index contributed by atoms with van der Waals surface area (Å²) >= 11 is 0. The van der Waals surface area contributed by atoms with E-state index in [1.807, 2.05) is 27.7 Å². The number of hydrogen-bond donors (Lipinski definition) is 1. The van der Waals surface area contributed by atoms with Crippen molar-refractivity contribution in [1.29, 1.82) is 0 Å². The fourth-order valence-electron chi connectivity index (χ4n) is 1.48. The van der Waals surface area contributed by atoms with Crippen LogP contribution in [0.1, 0.15) is 27.7 Å². The summed E-state index contributed by atoms with van der Waals surface area (Å²) in [5.74, 6) is 0.469. The number of carbonyl (C=O) groups excluding carboxylic acids is 1. The van der Waals surface area contributed by atoms with Crippen LogP contribution in [-0.2, 0) is 9.63 Å². The number of carbonyl (C=O) groups is 1. The van der Waals surface area contributed by atoms with Crippen LogP contribution in [0.15, 0.2) is 0 Å². The Kier molecular flexibility index (Phi) is 4.90. The number of hydrogen-bond acceptors (Lipinski definition) is 3. The molecular weight excluding hydrogens is 154 g/mol. The molecule has 12 heavy (non-hydrogen) atoms. The van der Waals surface area contributed by atoms with Crippen LogP contribution in [0.5, 0.6) is 0 Å². The average molecular weight is 173 g/mol. The van der Waals surface area contributed by atoms with Crippen LogP contribution in [0.25, 0.3) is 0 Å². The molecule has 0 unspecified atom stereocenters. The zero-order valence-corrected chi connectivity index (χ0v) is 8.55. The third-order valence-corrected chi connectivity index (χ3v) is 1.91. The second kappa shape index (κ2) is 5.14. The van der Waals surface area contributed by atoms with E-state index < -0.39 is 0 Å². The van der Waals surface area contributed by atoms with Crippen molar-refractivity contribution in [3.63, 3.8) is 0 Å². The van der Waals surface area contributed by atoms with Gasteiger partial charge in [-0.25, -0.2) is 0 Å². The van der Waals surface area contributed by atoms with Crippen LogP contribution >= 0.6 is 0 Å². The molecular formula is C9H19NO2. The van der Waals surface area contributed by atoms with E-state index in [0.29, 0.717) is 11.8 Å². The Morgan fingerprint density at radius 2 is 1.58 bits per heavy atom. The van der Waals surface area contributed by atoms with Crippen molar-refractivity contribution in [3.8, 4) is 0 Å². The van der Waals surface area contributed by atoms with Gasteiger partial charge in [0, 0.05) is 7.05 Å². The molecule has 0 rings (SSSR count). The van der Waals surface area contributed by atoms with Crippen LogP contribution in [-0.4, -0.2) is 13.0 Å². The maximum absolute atomic E-state index is 11.3. The predicted molar refractivity (Wildman–Crippen MR) is 48.3 cm³/mol. The number of nitrogens with one attached hydrogen (secondary N) is 1. The Morgan fingerprint density at radius 3 is 1.83 bits per heavy atom. The average Bonchev–Trinajstić information content (AvgIpc) is 1.85. The molecule has 0 fully saturated rings. The first kappa shape index (κ1) is 11.4. The fourth-order valence-corrected chi connectivity index (χ4v) is 1.48. The van der Waals surface area contributed by atoms with E-state index in [0.717, 1.165) is 0 Å². The summed E-state index contributed by atoms with van der Waals surface area (Å²) in [6.07, 6.45) is 0. The highest BCUT2D eigenvalue weighted by atomic mass is 16.7. The molecule has 0 saturated carbocycles. The first-order chi connectivity index (χ1) is 5.50. The van der Waals surface area contributed by atoms with Gasteiger partial charge in [-0.15, -0.1) is 0 Å². The monoisotopic (exact) mass is 173 g/mol. The summed E-state index contributed by atoms with van der Waals surface area (Å²) in [4.78, 5) is 16.1. The van der Waals surface area contributed by atoms with Gasteiger partial charge in [0.25, 0.3) is 0 Å². The quantitative estimate of drug-likeness (QED) is 0.656. The van der Waals surface area contributed by atoms with Crippen LogP contribution in [0.3, 0.4) is 0 Å². The lowest BCUT2D eigenvalue weighted by molar-refractivity contribution is -0.158. The highest BCUT2D eigenvalue weighted by Crippen LogP contribution is 2.21. The Hall–Kier alpha value is -0.570. The standard InChI is InChI=1S/C9H19NO2/c1-6(2)8(7(3)4)9(11)12-10-5/h6-8,10H,1-5H3. The lowest BCUT2D eigenvalue weighted by Crippen LogP contribution is -2.30. The summed E-state index contributed by atoms with van der Waals surface area (Å²) in [5, 5.41) is 0.